The van der Waals surface area contributed by atoms with Crippen molar-refractivity contribution in [2.75, 3.05) is 4.90 Å². The van der Waals surface area contributed by atoms with E-state index in [1.54, 1.807) is 24.3 Å². The molecule has 0 aliphatic carbocycles. The number of carbonyl (C=O) groups excluding carboxylic acids is 2. The number of thiocarbonyl (C=S) groups is 1. The van der Waals surface area contributed by atoms with Crippen LogP contribution in [0.4, 0.5) is 18.9 Å². The first-order chi connectivity index (χ1) is 14.6. The Morgan fingerprint density at radius 1 is 1.16 bits per heavy atom. The second-order valence-electron chi connectivity index (χ2n) is 6.88. The molecule has 0 spiro atoms. The summed E-state index contributed by atoms with van der Waals surface area (Å²) in [6.45, 7) is 3.84. The van der Waals surface area contributed by atoms with Crippen molar-refractivity contribution in [3.8, 4) is 5.75 Å². The Kier molecular flexibility index (Phi) is 6.45. The summed E-state index contributed by atoms with van der Waals surface area (Å²) in [5, 5.41) is 2.07. The fourth-order valence-corrected chi connectivity index (χ4v) is 3.16. The van der Waals surface area contributed by atoms with Gasteiger partial charge in [-0.2, -0.15) is 13.2 Å². The lowest BCUT2D eigenvalue weighted by atomic mass is 10.1. The van der Waals surface area contributed by atoms with Gasteiger partial charge in [0, 0.05) is 5.56 Å². The van der Waals surface area contributed by atoms with Crippen LogP contribution in [0.25, 0.3) is 6.08 Å². The maximum absolute atomic E-state index is 13.1. The molecule has 5 nitrogen and oxygen atoms in total. The highest BCUT2D eigenvalue weighted by atomic mass is 32.1. The van der Waals surface area contributed by atoms with Crippen LogP contribution in [0.2, 0.25) is 0 Å². The molecule has 0 bridgehead atoms. The SMILES string of the molecule is CC[C@H](C)Oc1ccccc1/C=C1\C(=O)NC(=S)N(c2cccc(C(F)(F)F)c2)C1=O. The molecule has 0 aromatic heterocycles. The van der Waals surface area contributed by atoms with Crippen LogP contribution in [-0.4, -0.2) is 23.0 Å². The molecule has 1 aliphatic rings. The van der Waals surface area contributed by atoms with Crippen LogP contribution >= 0.6 is 12.2 Å². The molecular weight excluding hydrogens is 429 g/mol. The Bertz CT molecular complexity index is 1070. The van der Waals surface area contributed by atoms with Crippen molar-refractivity contribution in [3.63, 3.8) is 0 Å². The number of benzene rings is 2. The van der Waals surface area contributed by atoms with Crippen molar-refractivity contribution >= 4 is 40.9 Å². The maximum atomic E-state index is 13.1. The van der Waals surface area contributed by atoms with Crippen LogP contribution in [0.1, 0.15) is 31.4 Å². The van der Waals surface area contributed by atoms with E-state index in [4.69, 9.17) is 17.0 Å². The standard InChI is InChI=1S/C22H19F3N2O3S/c1-3-13(2)30-18-10-5-4-7-14(18)11-17-19(28)26-21(31)27(20(17)29)16-9-6-8-15(12-16)22(23,24)25/h4-13H,3H2,1-2H3,(H,26,28,31)/b17-11+/t13-/m0/s1. The van der Waals surface area contributed by atoms with Crippen LogP contribution < -0.4 is 15.0 Å². The normalized spacial score (nSPS) is 17.0. The van der Waals surface area contributed by atoms with Crippen LogP contribution in [-0.2, 0) is 15.8 Å². The predicted octanol–water partition coefficient (Wildman–Crippen LogP) is 4.71. The Labute approximate surface area is 182 Å². The molecule has 2 aromatic rings. The number of rotatable bonds is 5. The van der Waals surface area contributed by atoms with Crippen molar-refractivity contribution in [2.45, 2.75) is 32.5 Å². The van der Waals surface area contributed by atoms with Gasteiger partial charge >= 0.3 is 6.18 Å². The third kappa shape index (κ3) is 4.93. The van der Waals surface area contributed by atoms with Gasteiger partial charge in [0.1, 0.15) is 11.3 Å². The highest BCUT2D eigenvalue weighted by molar-refractivity contribution is 7.80. The monoisotopic (exact) mass is 448 g/mol. The minimum Gasteiger partial charge on any atom is -0.490 e. The van der Waals surface area contributed by atoms with E-state index in [1.165, 1.54) is 18.2 Å². The Hall–Kier alpha value is -3.20. The molecule has 9 heteroatoms. The molecule has 2 aromatic carbocycles. The molecule has 1 heterocycles. The molecular formula is C22H19F3N2O3S. The van der Waals surface area contributed by atoms with Gasteiger partial charge in [0.25, 0.3) is 11.8 Å². The molecule has 1 fully saturated rings. The van der Waals surface area contributed by atoms with Crippen LogP contribution in [0, 0.1) is 0 Å². The first kappa shape index (κ1) is 22.5. The number of nitrogens with one attached hydrogen (secondary N) is 1. The summed E-state index contributed by atoms with van der Waals surface area (Å²) in [4.78, 5) is 26.4. The number of hydrogen-bond acceptors (Lipinski definition) is 4. The Balaban J connectivity index is 2.02. The zero-order chi connectivity index (χ0) is 22.8. The van der Waals surface area contributed by atoms with Gasteiger partial charge in [0.2, 0.25) is 0 Å². The molecule has 1 aliphatic heterocycles. The largest absolute Gasteiger partial charge is 0.490 e. The second-order valence-corrected chi connectivity index (χ2v) is 7.27. The van der Waals surface area contributed by atoms with E-state index in [0.717, 1.165) is 23.5 Å². The number of ether oxygens (including phenoxy) is 1. The lowest BCUT2D eigenvalue weighted by molar-refractivity contribution is -0.137. The molecule has 2 amide bonds. The summed E-state index contributed by atoms with van der Waals surface area (Å²) in [5.74, 6) is -1.09. The number of nitrogens with zero attached hydrogens (tertiary/aromatic N) is 1. The van der Waals surface area contributed by atoms with Gasteiger partial charge in [-0.05, 0) is 55.9 Å². The van der Waals surface area contributed by atoms with Gasteiger partial charge in [-0.1, -0.05) is 31.2 Å². The van der Waals surface area contributed by atoms with E-state index in [-0.39, 0.29) is 22.5 Å². The fourth-order valence-electron chi connectivity index (χ4n) is 2.88. The minimum atomic E-state index is -4.59. The second kappa shape index (κ2) is 8.89. The summed E-state index contributed by atoms with van der Waals surface area (Å²) in [5.41, 5.74) is -0.820. The first-order valence-electron chi connectivity index (χ1n) is 9.46. The van der Waals surface area contributed by atoms with Crippen LogP contribution in [0.5, 0.6) is 5.75 Å². The van der Waals surface area contributed by atoms with E-state index in [1.807, 2.05) is 13.8 Å². The highest BCUT2D eigenvalue weighted by Gasteiger charge is 2.36. The summed E-state index contributed by atoms with van der Waals surface area (Å²) in [6, 6.07) is 11.0. The molecule has 0 radical (unpaired) electrons. The van der Waals surface area contributed by atoms with Crippen molar-refractivity contribution < 1.29 is 27.5 Å². The summed E-state index contributed by atoms with van der Waals surface area (Å²) >= 11 is 5.06. The summed E-state index contributed by atoms with van der Waals surface area (Å²) in [6.07, 6.45) is -2.59. The molecule has 1 atom stereocenters. The zero-order valence-corrected chi connectivity index (χ0v) is 17.5. The lowest BCUT2D eigenvalue weighted by Crippen LogP contribution is -2.54. The molecule has 162 valence electrons. The average molecular weight is 448 g/mol. The summed E-state index contributed by atoms with van der Waals surface area (Å²) in [7, 11) is 0. The molecule has 1 saturated heterocycles. The van der Waals surface area contributed by atoms with E-state index < -0.39 is 23.6 Å². The number of amides is 2. The van der Waals surface area contributed by atoms with Gasteiger partial charge in [0.05, 0.1) is 17.4 Å². The molecule has 3 rings (SSSR count). The third-order valence-electron chi connectivity index (χ3n) is 4.66. The number of anilines is 1. The number of hydrogen-bond donors (Lipinski definition) is 1. The average Bonchev–Trinajstić information content (AvgIpc) is 2.71. The minimum absolute atomic E-state index is 0.0929. The predicted molar refractivity (Wildman–Crippen MR) is 114 cm³/mol. The third-order valence-corrected chi connectivity index (χ3v) is 4.94. The lowest BCUT2D eigenvalue weighted by Gasteiger charge is -2.29. The van der Waals surface area contributed by atoms with Crippen molar-refractivity contribution in [2.24, 2.45) is 0 Å². The smallest absolute Gasteiger partial charge is 0.416 e. The molecule has 0 unspecified atom stereocenters. The van der Waals surface area contributed by atoms with Crippen molar-refractivity contribution in [3.05, 3.63) is 65.2 Å². The highest BCUT2D eigenvalue weighted by Crippen LogP contribution is 2.33. The van der Waals surface area contributed by atoms with Gasteiger partial charge in [0.15, 0.2) is 5.11 Å². The van der Waals surface area contributed by atoms with E-state index in [9.17, 15) is 22.8 Å². The van der Waals surface area contributed by atoms with Crippen molar-refractivity contribution in [1.29, 1.82) is 0 Å². The van der Waals surface area contributed by atoms with Gasteiger partial charge in [-0.25, -0.2) is 0 Å². The summed E-state index contributed by atoms with van der Waals surface area (Å²) < 4.78 is 45.1. The molecule has 31 heavy (non-hydrogen) atoms. The van der Waals surface area contributed by atoms with E-state index in [0.29, 0.717) is 11.3 Å². The van der Waals surface area contributed by atoms with Gasteiger partial charge in [-0.3, -0.25) is 19.8 Å². The molecule has 0 saturated carbocycles. The van der Waals surface area contributed by atoms with E-state index in [2.05, 4.69) is 5.32 Å². The van der Waals surface area contributed by atoms with Gasteiger partial charge in [-0.15, -0.1) is 0 Å². The molecule has 1 N–H and O–H groups in total. The van der Waals surface area contributed by atoms with Gasteiger partial charge < -0.3 is 4.74 Å². The fraction of sp³-hybridized carbons (Fsp3) is 0.227. The van der Waals surface area contributed by atoms with Crippen LogP contribution in [0.3, 0.4) is 0 Å². The number of carbonyl (C=O) groups is 2. The quantitative estimate of drug-likeness (QED) is 0.409. The van der Waals surface area contributed by atoms with Crippen LogP contribution in [0.15, 0.2) is 54.1 Å². The van der Waals surface area contributed by atoms with Crippen molar-refractivity contribution in [1.82, 2.24) is 5.32 Å². The number of halogens is 3. The topological polar surface area (TPSA) is 58.6 Å². The van der Waals surface area contributed by atoms with E-state index >= 15 is 0 Å². The maximum Gasteiger partial charge on any atom is 0.416 e. The Morgan fingerprint density at radius 2 is 1.87 bits per heavy atom. The number of alkyl halides is 3. The first-order valence-corrected chi connectivity index (χ1v) is 9.87. The Morgan fingerprint density at radius 3 is 2.55 bits per heavy atom. The number of para-hydroxylation sites is 1. The zero-order valence-electron chi connectivity index (χ0n) is 16.7.